The molecule has 90 valence electrons. The maximum atomic E-state index is 13.4. The van der Waals surface area contributed by atoms with Crippen molar-refractivity contribution in [2.24, 2.45) is 0 Å². The van der Waals surface area contributed by atoms with E-state index in [0.717, 1.165) is 20.5 Å². The minimum Gasteiger partial charge on any atom is -0.309 e. The van der Waals surface area contributed by atoms with Crippen molar-refractivity contribution < 1.29 is 4.39 Å². The van der Waals surface area contributed by atoms with Gasteiger partial charge in [0.15, 0.2) is 0 Å². The van der Waals surface area contributed by atoms with Crippen LogP contribution < -0.4 is 5.32 Å². The van der Waals surface area contributed by atoms with Crippen LogP contribution in [0.5, 0.6) is 0 Å². The van der Waals surface area contributed by atoms with Crippen LogP contribution in [0, 0.1) is 12.7 Å². The van der Waals surface area contributed by atoms with Crippen LogP contribution in [-0.4, -0.2) is 7.05 Å². The fraction of sp³-hybridized carbons (Fsp3) is 0.231. The normalized spacial score (nSPS) is 12.7. The summed E-state index contributed by atoms with van der Waals surface area (Å²) in [6, 6.07) is 7.17. The molecule has 1 atom stereocenters. The van der Waals surface area contributed by atoms with Crippen molar-refractivity contribution in [1.82, 2.24) is 5.32 Å². The van der Waals surface area contributed by atoms with Crippen molar-refractivity contribution in [1.29, 1.82) is 0 Å². The minimum atomic E-state index is -0.187. The Morgan fingerprint density at radius 2 is 2.12 bits per heavy atom. The molecule has 0 aliphatic rings. The molecular weight excluding hydrogens is 301 g/mol. The first-order valence-corrected chi connectivity index (χ1v) is 6.96. The average Bonchev–Trinajstić information content (AvgIpc) is 2.65. The van der Waals surface area contributed by atoms with Crippen LogP contribution in [0.1, 0.15) is 22.0 Å². The summed E-state index contributed by atoms with van der Waals surface area (Å²) in [5, 5.41) is 5.25. The molecule has 1 nitrogen and oxygen atoms in total. The molecule has 4 heteroatoms. The summed E-state index contributed by atoms with van der Waals surface area (Å²) in [6.07, 6.45) is 0. The number of halogens is 2. The lowest BCUT2D eigenvalue weighted by Gasteiger charge is -2.16. The fourth-order valence-electron chi connectivity index (χ4n) is 1.89. The quantitative estimate of drug-likeness (QED) is 0.892. The lowest BCUT2D eigenvalue weighted by Crippen LogP contribution is -2.17. The Balaban J connectivity index is 2.45. The summed E-state index contributed by atoms with van der Waals surface area (Å²) in [5.41, 5.74) is 1.89. The van der Waals surface area contributed by atoms with Gasteiger partial charge in [-0.1, -0.05) is 6.07 Å². The first-order valence-electron chi connectivity index (χ1n) is 5.29. The van der Waals surface area contributed by atoms with Gasteiger partial charge in [0, 0.05) is 9.35 Å². The number of aryl methyl sites for hydroxylation is 1. The van der Waals surface area contributed by atoms with Gasteiger partial charge in [0.1, 0.15) is 5.82 Å². The Labute approximate surface area is 113 Å². The van der Waals surface area contributed by atoms with E-state index in [4.69, 9.17) is 0 Å². The van der Waals surface area contributed by atoms with E-state index in [2.05, 4.69) is 21.2 Å². The van der Waals surface area contributed by atoms with Crippen LogP contribution in [0.3, 0.4) is 0 Å². The molecule has 17 heavy (non-hydrogen) atoms. The van der Waals surface area contributed by atoms with E-state index in [1.54, 1.807) is 23.5 Å². The summed E-state index contributed by atoms with van der Waals surface area (Å²) >= 11 is 5.18. The smallest absolute Gasteiger partial charge is 0.123 e. The number of hydrogen-bond acceptors (Lipinski definition) is 2. The van der Waals surface area contributed by atoms with E-state index in [1.165, 1.54) is 0 Å². The molecule has 2 aromatic rings. The molecule has 0 aliphatic carbocycles. The largest absolute Gasteiger partial charge is 0.309 e. The Hall–Kier alpha value is -0.710. The number of thiophene rings is 1. The molecule has 1 aromatic heterocycles. The Bertz CT molecular complexity index is 504. The van der Waals surface area contributed by atoms with Crippen LogP contribution in [0.4, 0.5) is 4.39 Å². The molecule has 0 radical (unpaired) electrons. The number of nitrogens with one attached hydrogen (secondary N) is 1. The van der Waals surface area contributed by atoms with Gasteiger partial charge in [-0.2, -0.15) is 0 Å². The van der Waals surface area contributed by atoms with E-state index in [0.29, 0.717) is 0 Å². The van der Waals surface area contributed by atoms with Crippen molar-refractivity contribution >= 4 is 27.3 Å². The SMILES string of the molecule is CNC(c1cc(C)cc(F)c1)c1sccc1Br. The topological polar surface area (TPSA) is 12.0 Å². The summed E-state index contributed by atoms with van der Waals surface area (Å²) in [4.78, 5) is 1.16. The molecule has 2 rings (SSSR count). The summed E-state index contributed by atoms with van der Waals surface area (Å²) < 4.78 is 14.5. The van der Waals surface area contributed by atoms with E-state index >= 15 is 0 Å². The van der Waals surface area contributed by atoms with Gasteiger partial charge in [0.05, 0.1) is 6.04 Å². The summed E-state index contributed by atoms with van der Waals surface area (Å²) in [5.74, 6) is -0.187. The second-order valence-corrected chi connectivity index (χ2v) is 5.72. The first-order chi connectivity index (χ1) is 8.11. The number of hydrogen-bond donors (Lipinski definition) is 1. The molecule has 0 saturated carbocycles. The molecule has 0 amide bonds. The van der Waals surface area contributed by atoms with Gasteiger partial charge in [0.25, 0.3) is 0 Å². The van der Waals surface area contributed by atoms with Crippen molar-refractivity contribution in [3.05, 3.63) is 55.9 Å². The lowest BCUT2D eigenvalue weighted by molar-refractivity contribution is 0.616. The van der Waals surface area contributed by atoms with Gasteiger partial charge in [0.2, 0.25) is 0 Å². The van der Waals surface area contributed by atoms with E-state index in [1.807, 2.05) is 31.5 Å². The molecule has 0 saturated heterocycles. The van der Waals surface area contributed by atoms with Gasteiger partial charge >= 0.3 is 0 Å². The van der Waals surface area contributed by atoms with Gasteiger partial charge < -0.3 is 5.32 Å². The Morgan fingerprint density at radius 3 is 2.65 bits per heavy atom. The second-order valence-electron chi connectivity index (χ2n) is 3.92. The summed E-state index contributed by atoms with van der Waals surface area (Å²) in [7, 11) is 1.89. The molecule has 0 spiro atoms. The highest BCUT2D eigenvalue weighted by atomic mass is 79.9. The van der Waals surface area contributed by atoms with Gasteiger partial charge in [-0.25, -0.2) is 4.39 Å². The number of benzene rings is 1. The van der Waals surface area contributed by atoms with Crippen LogP contribution in [0.15, 0.2) is 34.1 Å². The molecule has 0 fully saturated rings. The highest BCUT2D eigenvalue weighted by molar-refractivity contribution is 9.10. The Morgan fingerprint density at radius 1 is 1.35 bits per heavy atom. The molecular formula is C13H13BrFNS. The van der Waals surface area contributed by atoms with Gasteiger partial charge in [-0.05, 0) is 64.6 Å². The molecule has 0 bridgehead atoms. The van der Waals surface area contributed by atoms with E-state index in [9.17, 15) is 4.39 Å². The lowest BCUT2D eigenvalue weighted by atomic mass is 10.0. The van der Waals surface area contributed by atoms with E-state index in [-0.39, 0.29) is 11.9 Å². The third kappa shape index (κ3) is 2.76. The number of rotatable bonds is 3. The minimum absolute atomic E-state index is 0.0266. The van der Waals surface area contributed by atoms with Crippen molar-refractivity contribution in [2.75, 3.05) is 7.05 Å². The standard InChI is InChI=1S/C13H13BrFNS/c1-8-5-9(7-10(15)6-8)12(16-2)13-11(14)3-4-17-13/h3-7,12,16H,1-2H3. The third-order valence-corrected chi connectivity index (χ3v) is 4.53. The van der Waals surface area contributed by atoms with Crippen LogP contribution in [0.25, 0.3) is 0 Å². The van der Waals surface area contributed by atoms with Crippen molar-refractivity contribution in [3.8, 4) is 0 Å². The monoisotopic (exact) mass is 313 g/mol. The first kappa shape index (κ1) is 12.7. The fourth-order valence-corrected chi connectivity index (χ4v) is 3.63. The third-order valence-electron chi connectivity index (χ3n) is 2.59. The van der Waals surface area contributed by atoms with Crippen molar-refractivity contribution in [2.45, 2.75) is 13.0 Å². The van der Waals surface area contributed by atoms with Crippen molar-refractivity contribution in [3.63, 3.8) is 0 Å². The molecule has 1 N–H and O–H groups in total. The average molecular weight is 314 g/mol. The summed E-state index contributed by atoms with van der Waals surface area (Å²) in [6.45, 7) is 1.91. The zero-order valence-corrected chi connectivity index (χ0v) is 12.0. The van der Waals surface area contributed by atoms with Crippen LogP contribution in [0.2, 0.25) is 0 Å². The highest BCUT2D eigenvalue weighted by Gasteiger charge is 2.17. The predicted octanol–water partition coefficient (Wildman–Crippen LogP) is 4.27. The molecule has 1 aromatic carbocycles. The van der Waals surface area contributed by atoms with E-state index < -0.39 is 0 Å². The van der Waals surface area contributed by atoms with Crippen LogP contribution in [-0.2, 0) is 0 Å². The Kier molecular flexibility index (Phi) is 3.97. The molecule has 0 aliphatic heterocycles. The zero-order chi connectivity index (χ0) is 12.4. The molecule has 1 heterocycles. The predicted molar refractivity (Wildman–Crippen MR) is 74.1 cm³/mol. The second kappa shape index (κ2) is 5.29. The highest BCUT2D eigenvalue weighted by Crippen LogP contribution is 2.33. The van der Waals surface area contributed by atoms with Crippen LogP contribution >= 0.6 is 27.3 Å². The molecule has 1 unspecified atom stereocenters. The zero-order valence-electron chi connectivity index (χ0n) is 9.63. The van der Waals surface area contributed by atoms with Gasteiger partial charge in [-0.15, -0.1) is 11.3 Å². The van der Waals surface area contributed by atoms with Gasteiger partial charge in [-0.3, -0.25) is 0 Å². The maximum absolute atomic E-state index is 13.4. The maximum Gasteiger partial charge on any atom is 0.123 e.